The molecule has 1 aromatic rings. The SMILES string of the molecule is CCCN(CC(C)(C)CN)C(=O)CCOc1ccccc1. The van der Waals surface area contributed by atoms with Crippen molar-refractivity contribution in [2.24, 2.45) is 11.1 Å². The number of para-hydroxylation sites is 1. The lowest BCUT2D eigenvalue weighted by molar-refractivity contribution is -0.133. The molecule has 0 unspecified atom stereocenters. The zero-order chi connectivity index (χ0) is 15.7. The fourth-order valence-corrected chi connectivity index (χ4v) is 2.07. The van der Waals surface area contributed by atoms with Crippen molar-refractivity contribution < 1.29 is 9.53 Å². The van der Waals surface area contributed by atoms with Gasteiger partial charge in [0.1, 0.15) is 5.75 Å². The molecule has 0 fully saturated rings. The quantitative estimate of drug-likeness (QED) is 0.761. The number of rotatable bonds is 9. The van der Waals surface area contributed by atoms with Gasteiger partial charge in [-0.3, -0.25) is 4.79 Å². The van der Waals surface area contributed by atoms with E-state index in [-0.39, 0.29) is 11.3 Å². The second-order valence-electron chi connectivity index (χ2n) is 6.10. The number of carbonyl (C=O) groups excluding carboxylic acids is 1. The lowest BCUT2D eigenvalue weighted by atomic mass is 9.93. The molecule has 0 bridgehead atoms. The third kappa shape index (κ3) is 6.63. The van der Waals surface area contributed by atoms with Crippen molar-refractivity contribution in [1.82, 2.24) is 4.90 Å². The average molecular weight is 292 g/mol. The Balaban J connectivity index is 2.45. The molecule has 0 atom stereocenters. The van der Waals surface area contributed by atoms with E-state index in [0.717, 1.165) is 18.7 Å². The van der Waals surface area contributed by atoms with Crippen LogP contribution in [0.1, 0.15) is 33.6 Å². The molecule has 0 aliphatic heterocycles. The van der Waals surface area contributed by atoms with E-state index in [1.807, 2.05) is 35.2 Å². The van der Waals surface area contributed by atoms with Crippen LogP contribution in [0.5, 0.6) is 5.75 Å². The first-order valence-electron chi connectivity index (χ1n) is 7.64. The largest absolute Gasteiger partial charge is 0.493 e. The van der Waals surface area contributed by atoms with Gasteiger partial charge in [-0.25, -0.2) is 0 Å². The van der Waals surface area contributed by atoms with Gasteiger partial charge in [0.15, 0.2) is 0 Å². The predicted molar refractivity (Wildman–Crippen MR) is 86.3 cm³/mol. The van der Waals surface area contributed by atoms with E-state index in [1.165, 1.54) is 0 Å². The summed E-state index contributed by atoms with van der Waals surface area (Å²) in [7, 11) is 0. The first kappa shape index (κ1) is 17.5. The standard InChI is InChI=1S/C17H28N2O2/c1-4-11-19(14-17(2,3)13-18)16(20)10-12-21-15-8-6-5-7-9-15/h5-9H,4,10-14,18H2,1-3H3. The molecular weight excluding hydrogens is 264 g/mol. The van der Waals surface area contributed by atoms with Crippen LogP contribution in [-0.4, -0.2) is 37.0 Å². The van der Waals surface area contributed by atoms with E-state index in [1.54, 1.807) is 0 Å². The highest BCUT2D eigenvalue weighted by Gasteiger charge is 2.23. The van der Waals surface area contributed by atoms with Crippen molar-refractivity contribution in [1.29, 1.82) is 0 Å². The minimum Gasteiger partial charge on any atom is -0.493 e. The summed E-state index contributed by atoms with van der Waals surface area (Å²) in [6.07, 6.45) is 1.35. The molecule has 1 amide bonds. The number of hydrogen-bond donors (Lipinski definition) is 1. The molecule has 0 saturated carbocycles. The number of ether oxygens (including phenoxy) is 1. The van der Waals surface area contributed by atoms with Crippen LogP contribution in [0.2, 0.25) is 0 Å². The van der Waals surface area contributed by atoms with Crippen molar-refractivity contribution >= 4 is 5.91 Å². The summed E-state index contributed by atoms with van der Waals surface area (Å²) < 4.78 is 5.59. The molecule has 0 aliphatic rings. The van der Waals surface area contributed by atoms with Crippen molar-refractivity contribution in [3.63, 3.8) is 0 Å². The van der Waals surface area contributed by atoms with Gasteiger partial charge in [-0.1, -0.05) is 39.0 Å². The fraction of sp³-hybridized carbons (Fsp3) is 0.588. The summed E-state index contributed by atoms with van der Waals surface area (Å²) >= 11 is 0. The molecule has 1 rings (SSSR count). The predicted octanol–water partition coefficient (Wildman–Crippen LogP) is 2.68. The molecule has 2 N–H and O–H groups in total. The van der Waals surface area contributed by atoms with Crippen molar-refractivity contribution in [2.45, 2.75) is 33.6 Å². The molecular formula is C17H28N2O2. The van der Waals surface area contributed by atoms with Gasteiger partial charge in [0.25, 0.3) is 0 Å². The first-order valence-corrected chi connectivity index (χ1v) is 7.64. The monoisotopic (exact) mass is 292 g/mol. The van der Waals surface area contributed by atoms with Gasteiger partial charge in [0.05, 0.1) is 13.0 Å². The Kier molecular flexibility index (Phi) is 7.23. The van der Waals surface area contributed by atoms with Gasteiger partial charge < -0.3 is 15.4 Å². The Hall–Kier alpha value is -1.55. The van der Waals surface area contributed by atoms with E-state index in [2.05, 4.69) is 20.8 Å². The summed E-state index contributed by atoms with van der Waals surface area (Å²) in [5.74, 6) is 0.934. The summed E-state index contributed by atoms with van der Waals surface area (Å²) in [5.41, 5.74) is 5.71. The Morgan fingerprint density at radius 3 is 2.52 bits per heavy atom. The van der Waals surface area contributed by atoms with Crippen LogP contribution in [-0.2, 0) is 4.79 Å². The van der Waals surface area contributed by atoms with Gasteiger partial charge in [-0.15, -0.1) is 0 Å². The lowest BCUT2D eigenvalue weighted by Crippen LogP contribution is -2.42. The van der Waals surface area contributed by atoms with Crippen LogP contribution in [0.4, 0.5) is 0 Å². The van der Waals surface area contributed by atoms with Crippen molar-refractivity contribution in [3.8, 4) is 5.75 Å². The molecule has 1 aromatic carbocycles. The molecule has 0 saturated heterocycles. The molecule has 21 heavy (non-hydrogen) atoms. The van der Waals surface area contributed by atoms with Crippen LogP contribution in [0.25, 0.3) is 0 Å². The Labute approximate surface area is 128 Å². The van der Waals surface area contributed by atoms with Crippen LogP contribution in [0.3, 0.4) is 0 Å². The molecule has 0 aliphatic carbocycles. The molecule has 0 heterocycles. The number of amides is 1. The van der Waals surface area contributed by atoms with Crippen LogP contribution < -0.4 is 10.5 Å². The normalized spacial score (nSPS) is 11.2. The number of nitrogens with two attached hydrogens (primary N) is 1. The number of hydrogen-bond acceptors (Lipinski definition) is 3. The smallest absolute Gasteiger partial charge is 0.226 e. The lowest BCUT2D eigenvalue weighted by Gasteiger charge is -2.31. The maximum absolute atomic E-state index is 12.3. The topological polar surface area (TPSA) is 55.6 Å². The third-order valence-corrected chi connectivity index (χ3v) is 3.35. The highest BCUT2D eigenvalue weighted by molar-refractivity contribution is 5.76. The number of carbonyl (C=O) groups is 1. The maximum atomic E-state index is 12.3. The van der Waals surface area contributed by atoms with Gasteiger partial charge >= 0.3 is 0 Å². The molecule has 0 spiro atoms. The van der Waals surface area contributed by atoms with Crippen LogP contribution >= 0.6 is 0 Å². The zero-order valence-electron chi connectivity index (χ0n) is 13.5. The van der Waals surface area contributed by atoms with Gasteiger partial charge in [0.2, 0.25) is 5.91 Å². The highest BCUT2D eigenvalue weighted by Crippen LogP contribution is 2.16. The highest BCUT2D eigenvalue weighted by atomic mass is 16.5. The molecule has 0 radical (unpaired) electrons. The zero-order valence-corrected chi connectivity index (χ0v) is 13.5. The second-order valence-corrected chi connectivity index (χ2v) is 6.10. The van der Waals surface area contributed by atoms with Gasteiger partial charge in [0, 0.05) is 13.1 Å². The van der Waals surface area contributed by atoms with Gasteiger partial charge in [-0.2, -0.15) is 0 Å². The number of nitrogens with zero attached hydrogens (tertiary/aromatic N) is 1. The minimum absolute atomic E-state index is 0.0505. The first-order chi connectivity index (χ1) is 9.98. The van der Waals surface area contributed by atoms with Crippen LogP contribution in [0.15, 0.2) is 30.3 Å². The summed E-state index contributed by atoms with van der Waals surface area (Å²) in [6, 6.07) is 9.57. The van der Waals surface area contributed by atoms with Crippen molar-refractivity contribution in [3.05, 3.63) is 30.3 Å². The Morgan fingerprint density at radius 2 is 1.95 bits per heavy atom. The number of benzene rings is 1. The summed E-state index contributed by atoms with van der Waals surface area (Å²) in [5, 5.41) is 0. The van der Waals surface area contributed by atoms with E-state index < -0.39 is 0 Å². The third-order valence-electron chi connectivity index (χ3n) is 3.35. The summed E-state index contributed by atoms with van der Waals surface area (Å²) in [6.45, 7) is 8.70. The molecule has 4 nitrogen and oxygen atoms in total. The summed E-state index contributed by atoms with van der Waals surface area (Å²) in [4.78, 5) is 14.2. The van der Waals surface area contributed by atoms with E-state index in [4.69, 9.17) is 10.5 Å². The Bertz CT molecular complexity index is 418. The van der Waals surface area contributed by atoms with Crippen molar-refractivity contribution in [2.75, 3.05) is 26.2 Å². The minimum atomic E-state index is -0.0505. The van der Waals surface area contributed by atoms with E-state index in [0.29, 0.717) is 26.1 Å². The van der Waals surface area contributed by atoms with E-state index in [9.17, 15) is 4.79 Å². The van der Waals surface area contributed by atoms with Gasteiger partial charge in [-0.05, 0) is 30.5 Å². The van der Waals surface area contributed by atoms with E-state index >= 15 is 0 Å². The average Bonchev–Trinajstić information content (AvgIpc) is 2.47. The maximum Gasteiger partial charge on any atom is 0.226 e. The molecule has 0 aromatic heterocycles. The fourth-order valence-electron chi connectivity index (χ4n) is 2.07. The second kappa shape index (κ2) is 8.67. The molecule has 4 heteroatoms. The van der Waals surface area contributed by atoms with Crippen LogP contribution in [0, 0.1) is 5.41 Å². The Morgan fingerprint density at radius 1 is 1.29 bits per heavy atom. The molecule has 118 valence electrons.